The second kappa shape index (κ2) is 12.8. The van der Waals surface area contributed by atoms with Gasteiger partial charge < -0.3 is 4.90 Å². The molecule has 0 aromatic heterocycles. The molecule has 7 atom stereocenters. The van der Waals surface area contributed by atoms with Crippen molar-refractivity contribution in [1.82, 2.24) is 0 Å². The Morgan fingerprint density at radius 1 is 0.492 bits per heavy atom. The zero-order chi connectivity index (χ0) is 38.9. The van der Waals surface area contributed by atoms with Gasteiger partial charge in [0, 0.05) is 27.6 Å². The van der Waals surface area contributed by atoms with Gasteiger partial charge in [0.25, 0.3) is 0 Å². The maximum absolute atomic E-state index is 2.65. The van der Waals surface area contributed by atoms with Crippen LogP contribution in [0.3, 0.4) is 0 Å². The first kappa shape index (κ1) is 34.5. The highest BCUT2D eigenvalue weighted by Gasteiger charge is 2.58. The minimum Gasteiger partial charge on any atom is -0.310 e. The molecular weight excluding hydrogens is 711 g/mol. The summed E-state index contributed by atoms with van der Waals surface area (Å²) in [6, 6.07) is 59.2. The summed E-state index contributed by atoms with van der Waals surface area (Å²) in [5.74, 6) is 3.85. The van der Waals surface area contributed by atoms with Crippen molar-refractivity contribution >= 4 is 27.8 Å². The molecule has 1 heteroatoms. The summed E-state index contributed by atoms with van der Waals surface area (Å²) in [5.41, 5.74) is 18.8. The fourth-order valence-corrected chi connectivity index (χ4v) is 15.0. The van der Waals surface area contributed by atoms with E-state index in [-0.39, 0.29) is 10.8 Å². The zero-order valence-corrected chi connectivity index (χ0v) is 34.3. The van der Waals surface area contributed by atoms with E-state index >= 15 is 0 Å². The number of anilines is 3. The largest absolute Gasteiger partial charge is 0.310 e. The molecule has 4 saturated carbocycles. The number of hydrogen-bond acceptors (Lipinski definition) is 1. The predicted octanol–water partition coefficient (Wildman–Crippen LogP) is 15.6. The molecule has 59 heavy (non-hydrogen) atoms. The van der Waals surface area contributed by atoms with Gasteiger partial charge in [-0.1, -0.05) is 154 Å². The first-order valence-electron chi connectivity index (χ1n) is 23.0. The zero-order valence-electron chi connectivity index (χ0n) is 34.3. The molecule has 1 nitrogen and oxygen atoms in total. The Bertz CT molecular complexity index is 2810. The molecule has 4 bridgehead atoms. The van der Waals surface area contributed by atoms with Crippen LogP contribution in [0.4, 0.5) is 17.1 Å². The van der Waals surface area contributed by atoms with Crippen molar-refractivity contribution in [2.75, 3.05) is 4.90 Å². The number of benzene rings is 7. The topological polar surface area (TPSA) is 3.24 Å². The second-order valence-electron chi connectivity index (χ2n) is 19.4. The Hall–Kier alpha value is -5.40. The second-order valence-corrected chi connectivity index (χ2v) is 19.4. The molecule has 7 aromatic carbocycles. The van der Waals surface area contributed by atoms with Gasteiger partial charge in [-0.2, -0.15) is 0 Å². The van der Waals surface area contributed by atoms with Crippen LogP contribution < -0.4 is 4.90 Å². The third kappa shape index (κ3) is 4.63. The fourth-order valence-electron chi connectivity index (χ4n) is 15.0. The van der Waals surface area contributed by atoms with Crippen molar-refractivity contribution in [3.8, 4) is 33.4 Å². The van der Waals surface area contributed by atoms with Gasteiger partial charge in [0.2, 0.25) is 0 Å². The number of rotatable bonds is 5. The molecule has 0 amide bonds. The molecule has 7 aromatic rings. The van der Waals surface area contributed by atoms with E-state index in [2.05, 4.69) is 163 Å². The van der Waals surface area contributed by atoms with Gasteiger partial charge in [-0.05, 0) is 159 Å². The maximum atomic E-state index is 2.65. The molecule has 6 aliphatic carbocycles. The maximum Gasteiger partial charge on any atom is 0.0540 e. The van der Waals surface area contributed by atoms with Crippen LogP contribution in [-0.2, 0) is 10.8 Å². The summed E-state index contributed by atoms with van der Waals surface area (Å²) >= 11 is 0. The van der Waals surface area contributed by atoms with E-state index in [0.29, 0.717) is 5.92 Å². The molecule has 0 saturated heterocycles. The molecule has 0 radical (unpaired) electrons. The lowest BCUT2D eigenvalue weighted by Crippen LogP contribution is -2.48. The van der Waals surface area contributed by atoms with Crippen LogP contribution >= 0.6 is 0 Å². The van der Waals surface area contributed by atoms with Crippen LogP contribution in [-0.4, -0.2) is 0 Å². The number of fused-ring (bicyclic) bond motifs is 17. The first-order chi connectivity index (χ1) is 29.2. The van der Waals surface area contributed by atoms with E-state index in [1.54, 1.807) is 22.3 Å². The average Bonchev–Trinajstić information content (AvgIpc) is 4.05. The number of hydrogen-bond donors (Lipinski definition) is 0. The standard InChI is InChI=1S/C58H53N/c1-2-40-31-37-13-12-16-42(32-37)58(40)53-22-11-9-19-48(53)51-34-43(26-29-54(51)58)59(56-30-28-45(39-14-4-3-5-15-39)46-17-6-7-20-50(46)56)44-25-27-49-47-18-8-10-21-52(47)57(55(49)35-44)36-38-23-24-41(57)33-38/h3-11,14-15,17-22,25-30,34-35,37-38,40-42H,2,12-13,16,23-24,31-33,36H2,1H3. The summed E-state index contributed by atoms with van der Waals surface area (Å²) < 4.78 is 0. The molecule has 6 aliphatic rings. The van der Waals surface area contributed by atoms with Crippen molar-refractivity contribution < 1.29 is 0 Å². The van der Waals surface area contributed by atoms with Crippen LogP contribution in [0.5, 0.6) is 0 Å². The smallest absolute Gasteiger partial charge is 0.0540 e. The molecule has 290 valence electrons. The molecule has 0 aliphatic heterocycles. The van der Waals surface area contributed by atoms with Crippen LogP contribution in [0, 0.1) is 29.6 Å². The Kier molecular flexibility index (Phi) is 7.48. The van der Waals surface area contributed by atoms with Crippen molar-refractivity contribution in [3.63, 3.8) is 0 Å². The highest BCUT2D eigenvalue weighted by atomic mass is 15.1. The highest BCUT2D eigenvalue weighted by molar-refractivity contribution is 6.06. The van der Waals surface area contributed by atoms with E-state index in [4.69, 9.17) is 0 Å². The SMILES string of the molecule is CCC1CC2CCCC(C2)C12c1ccccc1-c1cc(N(c3ccc4c(c3)C3(CC5CCC3C5)c3ccccc3-4)c3ccc(-c4ccccc4)c4ccccc34)ccc12. The molecule has 0 heterocycles. The van der Waals surface area contributed by atoms with Crippen molar-refractivity contribution in [2.45, 2.75) is 82.0 Å². The molecule has 0 N–H and O–H groups in total. The average molecular weight is 764 g/mol. The minimum atomic E-state index is 0.110. The fraction of sp³-hybridized carbons (Fsp3) is 0.310. The summed E-state index contributed by atoms with van der Waals surface area (Å²) in [7, 11) is 0. The monoisotopic (exact) mass is 763 g/mol. The van der Waals surface area contributed by atoms with Crippen molar-refractivity contribution in [3.05, 3.63) is 174 Å². The summed E-state index contributed by atoms with van der Waals surface area (Å²) in [4.78, 5) is 2.64. The van der Waals surface area contributed by atoms with Gasteiger partial charge in [0.1, 0.15) is 0 Å². The van der Waals surface area contributed by atoms with Crippen LogP contribution in [0.15, 0.2) is 152 Å². The van der Waals surface area contributed by atoms with Crippen LogP contribution in [0.1, 0.15) is 93.4 Å². The van der Waals surface area contributed by atoms with Gasteiger partial charge in [-0.3, -0.25) is 0 Å². The third-order valence-electron chi connectivity index (χ3n) is 17.1. The van der Waals surface area contributed by atoms with Gasteiger partial charge in [-0.15, -0.1) is 0 Å². The molecule has 4 fully saturated rings. The Morgan fingerprint density at radius 3 is 1.98 bits per heavy atom. The minimum absolute atomic E-state index is 0.110. The van der Waals surface area contributed by atoms with Crippen LogP contribution in [0.2, 0.25) is 0 Å². The van der Waals surface area contributed by atoms with Crippen molar-refractivity contribution in [1.29, 1.82) is 0 Å². The van der Waals surface area contributed by atoms with E-state index in [1.165, 1.54) is 125 Å². The predicted molar refractivity (Wildman–Crippen MR) is 246 cm³/mol. The highest BCUT2D eigenvalue weighted by Crippen LogP contribution is 2.67. The number of nitrogens with zero attached hydrogens (tertiary/aromatic N) is 1. The Labute approximate surface area is 350 Å². The van der Waals surface area contributed by atoms with E-state index < -0.39 is 0 Å². The molecule has 13 rings (SSSR count). The molecule has 2 spiro atoms. The molecular formula is C58H53N. The van der Waals surface area contributed by atoms with Gasteiger partial charge in [0.05, 0.1) is 5.69 Å². The lowest BCUT2D eigenvalue weighted by molar-refractivity contribution is 0.0557. The summed E-state index contributed by atoms with van der Waals surface area (Å²) in [5, 5.41) is 2.58. The first-order valence-corrected chi connectivity index (χ1v) is 23.0. The lowest BCUT2D eigenvalue weighted by Gasteiger charge is -2.54. The van der Waals surface area contributed by atoms with Gasteiger partial charge >= 0.3 is 0 Å². The van der Waals surface area contributed by atoms with E-state index in [1.807, 2.05) is 0 Å². The Morgan fingerprint density at radius 2 is 1.17 bits per heavy atom. The van der Waals surface area contributed by atoms with E-state index in [0.717, 1.165) is 23.7 Å². The molecule has 7 unspecified atom stereocenters. The quantitative estimate of drug-likeness (QED) is 0.169. The van der Waals surface area contributed by atoms with E-state index in [9.17, 15) is 0 Å². The lowest BCUT2D eigenvalue weighted by atomic mass is 9.50. The third-order valence-corrected chi connectivity index (χ3v) is 17.1. The van der Waals surface area contributed by atoms with Crippen LogP contribution in [0.25, 0.3) is 44.2 Å². The van der Waals surface area contributed by atoms with Gasteiger partial charge in [-0.25, -0.2) is 0 Å². The summed E-state index contributed by atoms with van der Waals surface area (Å²) in [6.45, 7) is 2.48. The van der Waals surface area contributed by atoms with Crippen molar-refractivity contribution in [2.24, 2.45) is 29.6 Å². The summed E-state index contributed by atoms with van der Waals surface area (Å²) in [6.07, 6.45) is 13.6. The normalized spacial score (nSPS) is 27.8. The Balaban J connectivity index is 1.05. The van der Waals surface area contributed by atoms with Gasteiger partial charge in [0.15, 0.2) is 0 Å².